The normalized spacial score (nSPS) is 11.7. The lowest BCUT2D eigenvalue weighted by Gasteiger charge is -2.32. The molecule has 0 saturated carbocycles. The fraction of sp³-hybridized carbons (Fsp3) is 0.667. The summed E-state index contributed by atoms with van der Waals surface area (Å²) >= 11 is 0. The highest BCUT2D eigenvalue weighted by Crippen LogP contribution is 2.21. The van der Waals surface area contributed by atoms with E-state index in [0.29, 0.717) is 5.54 Å². The maximum absolute atomic E-state index is 3.76. The summed E-state index contributed by atoms with van der Waals surface area (Å²) in [6, 6.07) is 9.00. The van der Waals surface area contributed by atoms with Crippen molar-refractivity contribution >= 4 is 5.69 Å². The van der Waals surface area contributed by atoms with Crippen LogP contribution >= 0.6 is 0 Å². The molecule has 0 bridgehead atoms. The zero-order valence-electron chi connectivity index (χ0n) is 14.0. The quantitative estimate of drug-likeness (QED) is 0.709. The summed E-state index contributed by atoms with van der Waals surface area (Å²) in [6.45, 7) is 14.4. The zero-order chi connectivity index (χ0) is 15.0. The van der Waals surface area contributed by atoms with Gasteiger partial charge in [-0.15, -0.1) is 0 Å². The van der Waals surface area contributed by atoms with Gasteiger partial charge in [0.05, 0.1) is 0 Å². The van der Waals surface area contributed by atoms with Gasteiger partial charge in [-0.2, -0.15) is 0 Å². The molecule has 0 saturated heterocycles. The molecule has 0 unspecified atom stereocenters. The van der Waals surface area contributed by atoms with Crippen molar-refractivity contribution in [2.45, 2.75) is 66.0 Å². The van der Waals surface area contributed by atoms with Gasteiger partial charge >= 0.3 is 0 Å². The van der Waals surface area contributed by atoms with Crippen LogP contribution in [0.5, 0.6) is 0 Å². The highest BCUT2D eigenvalue weighted by molar-refractivity contribution is 5.47. The predicted octanol–water partition coefficient (Wildman–Crippen LogP) is 4.59. The Kier molecular flexibility index (Phi) is 7.08. The van der Waals surface area contributed by atoms with Gasteiger partial charge in [-0.05, 0) is 50.8 Å². The van der Waals surface area contributed by atoms with Gasteiger partial charge in [0.2, 0.25) is 0 Å². The average Bonchev–Trinajstić information content (AvgIpc) is 2.52. The maximum Gasteiger partial charge on any atom is 0.0366 e. The minimum absolute atomic E-state index is 0.303. The molecule has 0 heterocycles. The van der Waals surface area contributed by atoms with Crippen LogP contribution in [-0.4, -0.2) is 18.6 Å². The van der Waals surface area contributed by atoms with Crippen LogP contribution < -0.4 is 10.2 Å². The van der Waals surface area contributed by atoms with Crippen molar-refractivity contribution in [2.75, 3.05) is 18.0 Å². The largest absolute Gasteiger partial charge is 0.372 e. The number of hydrogen-bond acceptors (Lipinski definition) is 2. The fourth-order valence-electron chi connectivity index (χ4n) is 2.83. The van der Waals surface area contributed by atoms with Gasteiger partial charge in [-0.3, -0.25) is 0 Å². The van der Waals surface area contributed by atoms with Crippen LogP contribution in [-0.2, 0) is 6.54 Å². The Hall–Kier alpha value is -1.02. The molecule has 20 heavy (non-hydrogen) atoms. The molecule has 114 valence electrons. The molecule has 0 atom stereocenters. The summed E-state index contributed by atoms with van der Waals surface area (Å²) in [6.07, 6.45) is 3.58. The summed E-state index contributed by atoms with van der Waals surface area (Å²) < 4.78 is 0. The van der Waals surface area contributed by atoms with Crippen LogP contribution in [0.1, 0.15) is 59.4 Å². The third kappa shape index (κ3) is 4.24. The molecule has 1 rings (SSSR count). The molecule has 1 aromatic carbocycles. The van der Waals surface area contributed by atoms with Crippen LogP contribution in [0, 0.1) is 0 Å². The minimum atomic E-state index is 0.303. The van der Waals surface area contributed by atoms with E-state index >= 15 is 0 Å². The van der Waals surface area contributed by atoms with Crippen LogP contribution in [0.4, 0.5) is 5.69 Å². The Morgan fingerprint density at radius 1 is 0.850 bits per heavy atom. The summed E-state index contributed by atoms with van der Waals surface area (Å²) in [5, 5.41) is 3.76. The first-order valence-electron chi connectivity index (χ1n) is 8.23. The summed E-state index contributed by atoms with van der Waals surface area (Å²) in [7, 11) is 0. The molecule has 1 N–H and O–H groups in total. The molecule has 0 aliphatic carbocycles. The van der Waals surface area contributed by atoms with E-state index in [4.69, 9.17) is 0 Å². The van der Waals surface area contributed by atoms with Gasteiger partial charge in [-0.1, -0.05) is 32.9 Å². The number of nitrogens with one attached hydrogen (secondary N) is 1. The average molecular weight is 276 g/mol. The second kappa shape index (κ2) is 8.31. The van der Waals surface area contributed by atoms with E-state index in [1.807, 2.05) is 0 Å². The number of rotatable bonds is 9. The number of anilines is 1. The zero-order valence-corrected chi connectivity index (χ0v) is 14.0. The van der Waals surface area contributed by atoms with Crippen molar-refractivity contribution in [3.8, 4) is 0 Å². The second-order valence-electron chi connectivity index (χ2n) is 5.53. The minimum Gasteiger partial charge on any atom is -0.372 e. The first-order chi connectivity index (χ1) is 9.64. The molecule has 0 amide bonds. The molecule has 0 radical (unpaired) electrons. The van der Waals surface area contributed by atoms with Gasteiger partial charge in [-0.25, -0.2) is 0 Å². The summed E-state index contributed by atoms with van der Waals surface area (Å²) in [4.78, 5) is 2.38. The highest BCUT2D eigenvalue weighted by atomic mass is 15.1. The third-order valence-corrected chi connectivity index (χ3v) is 4.76. The first kappa shape index (κ1) is 17.0. The van der Waals surface area contributed by atoms with Crippen molar-refractivity contribution < 1.29 is 0 Å². The van der Waals surface area contributed by atoms with Gasteiger partial charge < -0.3 is 10.2 Å². The van der Waals surface area contributed by atoms with Gasteiger partial charge in [0, 0.05) is 30.9 Å². The highest BCUT2D eigenvalue weighted by Gasteiger charge is 2.22. The Morgan fingerprint density at radius 3 is 1.75 bits per heavy atom. The smallest absolute Gasteiger partial charge is 0.0366 e. The predicted molar refractivity (Wildman–Crippen MR) is 90.4 cm³/mol. The van der Waals surface area contributed by atoms with Gasteiger partial charge in [0.25, 0.3) is 0 Å². The van der Waals surface area contributed by atoms with Crippen LogP contribution in [0.2, 0.25) is 0 Å². The van der Waals surface area contributed by atoms with E-state index in [2.05, 4.69) is 69.1 Å². The van der Waals surface area contributed by atoms with Crippen molar-refractivity contribution in [2.24, 2.45) is 0 Å². The molecule has 0 fully saturated rings. The lowest BCUT2D eigenvalue weighted by Crippen LogP contribution is -2.43. The molecule has 2 nitrogen and oxygen atoms in total. The van der Waals surface area contributed by atoms with Crippen molar-refractivity contribution in [1.29, 1.82) is 0 Å². The monoisotopic (exact) mass is 276 g/mol. The van der Waals surface area contributed by atoms with Crippen molar-refractivity contribution in [1.82, 2.24) is 5.32 Å². The Balaban J connectivity index is 2.66. The second-order valence-corrected chi connectivity index (χ2v) is 5.53. The Labute approximate surface area is 125 Å². The standard InChI is InChI=1S/C18H32N2/c1-6-18(7-2,8-3)19-15-16-11-13-17(14-12-16)20(9-4)10-5/h11-14,19H,6-10,15H2,1-5H3. The van der Waals surface area contributed by atoms with Crippen LogP contribution in [0.15, 0.2) is 24.3 Å². The molecule has 1 aromatic rings. The number of benzene rings is 1. The van der Waals surface area contributed by atoms with E-state index in [9.17, 15) is 0 Å². The van der Waals surface area contributed by atoms with Crippen molar-refractivity contribution in [3.63, 3.8) is 0 Å². The topological polar surface area (TPSA) is 15.3 Å². The summed E-state index contributed by atoms with van der Waals surface area (Å²) in [5.41, 5.74) is 3.00. The molecule has 2 heteroatoms. The maximum atomic E-state index is 3.76. The van der Waals surface area contributed by atoms with Crippen molar-refractivity contribution in [3.05, 3.63) is 29.8 Å². The van der Waals surface area contributed by atoms with E-state index in [-0.39, 0.29) is 0 Å². The van der Waals surface area contributed by atoms with Gasteiger partial charge in [0.15, 0.2) is 0 Å². The molecule has 0 aliphatic rings. The Bertz CT molecular complexity index is 353. The lowest BCUT2D eigenvalue weighted by molar-refractivity contribution is 0.288. The third-order valence-electron chi connectivity index (χ3n) is 4.76. The molecule has 0 aliphatic heterocycles. The fourth-order valence-corrected chi connectivity index (χ4v) is 2.83. The van der Waals surface area contributed by atoms with E-state index < -0.39 is 0 Å². The van der Waals surface area contributed by atoms with Crippen LogP contribution in [0.3, 0.4) is 0 Å². The molecular formula is C18H32N2. The number of nitrogens with zero attached hydrogens (tertiary/aromatic N) is 1. The van der Waals surface area contributed by atoms with Gasteiger partial charge in [0.1, 0.15) is 0 Å². The van der Waals surface area contributed by atoms with E-state index in [1.165, 1.54) is 30.5 Å². The summed E-state index contributed by atoms with van der Waals surface area (Å²) in [5.74, 6) is 0. The molecule has 0 spiro atoms. The SMILES string of the molecule is CCN(CC)c1ccc(CNC(CC)(CC)CC)cc1. The number of hydrogen-bond donors (Lipinski definition) is 1. The van der Waals surface area contributed by atoms with E-state index in [0.717, 1.165) is 19.6 Å². The molecule has 0 aromatic heterocycles. The molecular weight excluding hydrogens is 244 g/mol. The van der Waals surface area contributed by atoms with E-state index in [1.54, 1.807) is 0 Å². The lowest BCUT2D eigenvalue weighted by atomic mass is 9.89. The van der Waals surface area contributed by atoms with Crippen LogP contribution in [0.25, 0.3) is 0 Å². The first-order valence-corrected chi connectivity index (χ1v) is 8.23. The Morgan fingerprint density at radius 2 is 1.35 bits per heavy atom.